The number of hydrogen-bond donors (Lipinski definition) is 0. The van der Waals surface area contributed by atoms with Gasteiger partial charge in [0.1, 0.15) is 17.5 Å². The van der Waals surface area contributed by atoms with Crippen LogP contribution in [0.1, 0.15) is 17.0 Å². The zero-order valence-electron chi connectivity index (χ0n) is 15.1. The molecule has 0 fully saturated rings. The number of fused-ring (bicyclic) bond motifs is 1. The van der Waals surface area contributed by atoms with Crippen molar-refractivity contribution in [3.8, 4) is 5.69 Å². The van der Waals surface area contributed by atoms with Crippen LogP contribution in [0.3, 0.4) is 0 Å². The number of para-hydroxylation sites is 1. The van der Waals surface area contributed by atoms with Crippen LogP contribution in [-0.4, -0.2) is 9.55 Å². The zero-order chi connectivity index (χ0) is 19.7. The summed E-state index contributed by atoms with van der Waals surface area (Å²) < 4.78 is 28.9. The first-order valence-corrected chi connectivity index (χ1v) is 8.75. The molecule has 0 atom stereocenters. The Hall–Kier alpha value is -3.60. The standard InChI is InChI=1S/C23H16F2N2O/c1-15-9-11-18(14-20(15)25)27-22(12-10-16-5-4-6-17(24)13-16)26-21-8-3-2-7-19(21)23(27)28/h2-14H,1H3/b12-10+. The number of rotatable bonds is 3. The van der Waals surface area contributed by atoms with Gasteiger partial charge in [-0.15, -0.1) is 0 Å². The molecule has 1 heterocycles. The van der Waals surface area contributed by atoms with Gasteiger partial charge in [0, 0.05) is 0 Å². The van der Waals surface area contributed by atoms with E-state index < -0.39 is 5.82 Å². The maximum atomic E-state index is 14.1. The van der Waals surface area contributed by atoms with Crippen LogP contribution in [0.25, 0.3) is 28.7 Å². The van der Waals surface area contributed by atoms with Crippen LogP contribution < -0.4 is 5.56 Å². The summed E-state index contributed by atoms with van der Waals surface area (Å²) in [5, 5.41) is 0.436. The third-order valence-electron chi connectivity index (χ3n) is 4.49. The van der Waals surface area contributed by atoms with E-state index in [0.717, 1.165) is 0 Å². The Morgan fingerprint density at radius 3 is 2.54 bits per heavy atom. The van der Waals surface area contributed by atoms with Gasteiger partial charge in [-0.2, -0.15) is 0 Å². The first kappa shape index (κ1) is 17.8. The highest BCUT2D eigenvalue weighted by Gasteiger charge is 2.12. The predicted molar refractivity (Wildman–Crippen MR) is 107 cm³/mol. The highest BCUT2D eigenvalue weighted by atomic mass is 19.1. The maximum absolute atomic E-state index is 14.1. The van der Waals surface area contributed by atoms with Crippen molar-refractivity contribution in [3.63, 3.8) is 0 Å². The topological polar surface area (TPSA) is 34.9 Å². The quantitative estimate of drug-likeness (QED) is 0.497. The Kier molecular flexibility index (Phi) is 4.57. The first-order valence-electron chi connectivity index (χ1n) is 8.75. The van der Waals surface area contributed by atoms with Gasteiger partial charge in [0.2, 0.25) is 0 Å². The van der Waals surface area contributed by atoms with Crippen molar-refractivity contribution in [2.45, 2.75) is 6.92 Å². The maximum Gasteiger partial charge on any atom is 0.266 e. The van der Waals surface area contributed by atoms with Gasteiger partial charge in [-0.05, 0) is 60.5 Å². The summed E-state index contributed by atoms with van der Waals surface area (Å²) in [7, 11) is 0. The van der Waals surface area contributed by atoms with Crippen LogP contribution in [-0.2, 0) is 0 Å². The van der Waals surface area contributed by atoms with Crippen molar-refractivity contribution in [2.24, 2.45) is 0 Å². The van der Waals surface area contributed by atoms with E-state index in [1.807, 2.05) is 0 Å². The van der Waals surface area contributed by atoms with Gasteiger partial charge in [0.15, 0.2) is 0 Å². The molecule has 3 nitrogen and oxygen atoms in total. The fourth-order valence-electron chi connectivity index (χ4n) is 3.01. The van der Waals surface area contributed by atoms with Crippen molar-refractivity contribution < 1.29 is 8.78 Å². The minimum absolute atomic E-state index is 0.298. The van der Waals surface area contributed by atoms with Crippen molar-refractivity contribution in [1.29, 1.82) is 0 Å². The molecule has 5 heteroatoms. The fraction of sp³-hybridized carbons (Fsp3) is 0.0435. The van der Waals surface area contributed by atoms with Crippen LogP contribution in [0.5, 0.6) is 0 Å². The highest BCUT2D eigenvalue weighted by molar-refractivity contribution is 5.80. The van der Waals surface area contributed by atoms with Crippen molar-refractivity contribution in [2.75, 3.05) is 0 Å². The van der Waals surface area contributed by atoms with Crippen LogP contribution in [0.15, 0.2) is 71.5 Å². The first-order chi connectivity index (χ1) is 13.5. The Bertz CT molecular complexity index is 1280. The number of nitrogens with zero attached hydrogens (tertiary/aromatic N) is 2. The van der Waals surface area contributed by atoms with Gasteiger partial charge >= 0.3 is 0 Å². The van der Waals surface area contributed by atoms with Crippen LogP contribution in [0.2, 0.25) is 0 Å². The highest BCUT2D eigenvalue weighted by Crippen LogP contribution is 2.18. The molecule has 3 aromatic carbocycles. The number of halogens is 2. The lowest BCUT2D eigenvalue weighted by Crippen LogP contribution is -2.22. The number of aromatic nitrogens is 2. The number of hydrogen-bond acceptors (Lipinski definition) is 2. The summed E-state index contributed by atoms with van der Waals surface area (Å²) >= 11 is 0. The van der Waals surface area contributed by atoms with Gasteiger partial charge < -0.3 is 0 Å². The zero-order valence-corrected chi connectivity index (χ0v) is 15.1. The normalized spacial score (nSPS) is 11.4. The molecule has 138 valence electrons. The molecule has 4 aromatic rings. The van der Waals surface area contributed by atoms with Gasteiger partial charge in [-0.3, -0.25) is 9.36 Å². The molecule has 0 unspecified atom stereocenters. The molecular weight excluding hydrogens is 358 g/mol. The molecule has 0 aliphatic carbocycles. The second kappa shape index (κ2) is 7.19. The third kappa shape index (κ3) is 3.34. The van der Waals surface area contributed by atoms with Crippen LogP contribution in [0.4, 0.5) is 8.78 Å². The number of benzene rings is 3. The fourth-order valence-corrected chi connectivity index (χ4v) is 3.01. The van der Waals surface area contributed by atoms with Gasteiger partial charge in [0.25, 0.3) is 5.56 Å². The smallest absolute Gasteiger partial charge is 0.266 e. The second-order valence-electron chi connectivity index (χ2n) is 6.45. The average Bonchev–Trinajstić information content (AvgIpc) is 2.69. The Morgan fingerprint density at radius 1 is 0.929 bits per heavy atom. The van der Waals surface area contributed by atoms with Crippen molar-refractivity contribution >= 4 is 23.1 Å². The lowest BCUT2D eigenvalue weighted by Gasteiger charge is -2.12. The summed E-state index contributed by atoms with van der Waals surface area (Å²) in [5.41, 5.74) is 1.74. The molecule has 0 N–H and O–H groups in total. The molecule has 28 heavy (non-hydrogen) atoms. The van der Waals surface area contributed by atoms with E-state index in [4.69, 9.17) is 0 Å². The van der Waals surface area contributed by atoms with Crippen LogP contribution in [0, 0.1) is 18.6 Å². The molecule has 0 bridgehead atoms. The van der Waals surface area contributed by atoms with E-state index in [2.05, 4.69) is 4.98 Å². The van der Waals surface area contributed by atoms with Crippen LogP contribution >= 0.6 is 0 Å². The predicted octanol–water partition coefficient (Wildman–Crippen LogP) is 5.14. The summed E-state index contributed by atoms with van der Waals surface area (Å²) in [5.74, 6) is -0.430. The monoisotopic (exact) mass is 374 g/mol. The van der Waals surface area contributed by atoms with E-state index >= 15 is 0 Å². The van der Waals surface area contributed by atoms with Gasteiger partial charge in [-0.1, -0.05) is 36.4 Å². The van der Waals surface area contributed by atoms with E-state index in [9.17, 15) is 13.6 Å². The third-order valence-corrected chi connectivity index (χ3v) is 4.49. The lowest BCUT2D eigenvalue weighted by molar-refractivity contribution is 0.617. The lowest BCUT2D eigenvalue weighted by atomic mass is 10.1. The molecule has 1 aromatic heterocycles. The molecule has 4 rings (SSSR count). The molecule has 0 aliphatic rings. The summed E-state index contributed by atoms with van der Waals surface area (Å²) in [6.07, 6.45) is 3.29. The van der Waals surface area contributed by atoms with Gasteiger partial charge in [0.05, 0.1) is 16.6 Å². The van der Waals surface area contributed by atoms with E-state index in [1.165, 1.54) is 22.8 Å². The molecule has 0 aliphatic heterocycles. The largest absolute Gasteiger partial charge is 0.268 e. The van der Waals surface area contributed by atoms with E-state index in [0.29, 0.717) is 33.5 Å². The summed E-state index contributed by atoms with van der Waals surface area (Å²) in [4.78, 5) is 17.7. The van der Waals surface area contributed by atoms with E-state index in [-0.39, 0.29) is 11.4 Å². The Balaban J connectivity index is 1.95. The molecule has 0 saturated carbocycles. The second-order valence-corrected chi connectivity index (χ2v) is 6.45. The Labute approximate surface area is 160 Å². The van der Waals surface area contributed by atoms with Gasteiger partial charge in [-0.25, -0.2) is 13.8 Å². The van der Waals surface area contributed by atoms with Crippen molar-refractivity contribution in [1.82, 2.24) is 9.55 Å². The molecule has 0 radical (unpaired) electrons. The number of aryl methyl sites for hydroxylation is 1. The molecule has 0 spiro atoms. The Morgan fingerprint density at radius 2 is 1.75 bits per heavy atom. The van der Waals surface area contributed by atoms with Crippen molar-refractivity contribution in [3.05, 3.63) is 106 Å². The molecule has 0 saturated heterocycles. The average molecular weight is 374 g/mol. The minimum Gasteiger partial charge on any atom is -0.268 e. The molecular formula is C23H16F2N2O. The molecule has 0 amide bonds. The van der Waals surface area contributed by atoms with E-state index in [1.54, 1.807) is 67.6 Å². The SMILES string of the molecule is Cc1ccc(-n2c(/C=C/c3cccc(F)c3)nc3ccccc3c2=O)cc1F. The minimum atomic E-state index is -0.405. The summed E-state index contributed by atoms with van der Waals surface area (Å²) in [6.45, 7) is 1.66. The summed E-state index contributed by atoms with van der Waals surface area (Å²) in [6, 6.07) is 17.7.